The summed E-state index contributed by atoms with van der Waals surface area (Å²) < 4.78 is 12.9. The van der Waals surface area contributed by atoms with Crippen LogP contribution in [0.25, 0.3) is 0 Å². The Morgan fingerprint density at radius 3 is 2.69 bits per heavy atom. The quantitative estimate of drug-likeness (QED) is 0.646. The Morgan fingerprint density at radius 1 is 1.38 bits per heavy atom. The molecule has 0 amide bonds. The van der Waals surface area contributed by atoms with Crippen molar-refractivity contribution >= 4 is 12.0 Å². The lowest BCUT2D eigenvalue weighted by Gasteiger charge is -2.33. The number of halogens is 1. The van der Waals surface area contributed by atoms with Crippen molar-refractivity contribution in [2.24, 2.45) is 0 Å². The van der Waals surface area contributed by atoms with E-state index in [4.69, 9.17) is 0 Å². The average Bonchev–Trinajstić information content (AvgIpc) is 2.05. The van der Waals surface area contributed by atoms with Gasteiger partial charge >= 0.3 is 0 Å². The molecule has 0 spiro atoms. The molecule has 2 nitrogen and oxygen atoms in total. The number of benzene rings is 1. The molecule has 3 heteroatoms. The van der Waals surface area contributed by atoms with Crippen molar-refractivity contribution in [2.75, 3.05) is 18.0 Å². The van der Waals surface area contributed by atoms with Crippen molar-refractivity contribution < 1.29 is 9.18 Å². The van der Waals surface area contributed by atoms with E-state index in [1.807, 2.05) is 0 Å². The maximum Gasteiger partial charge on any atom is 0.153 e. The highest BCUT2D eigenvalue weighted by atomic mass is 19.1. The minimum Gasteiger partial charge on any atom is -0.371 e. The molecule has 13 heavy (non-hydrogen) atoms. The van der Waals surface area contributed by atoms with E-state index >= 15 is 0 Å². The van der Waals surface area contributed by atoms with Crippen molar-refractivity contribution in [2.45, 2.75) is 6.42 Å². The average molecular weight is 179 g/mol. The minimum absolute atomic E-state index is 0.143. The Balaban J connectivity index is 2.31. The molecule has 1 aliphatic heterocycles. The van der Waals surface area contributed by atoms with Gasteiger partial charge in [0.05, 0.1) is 5.56 Å². The zero-order chi connectivity index (χ0) is 9.26. The van der Waals surface area contributed by atoms with Crippen molar-refractivity contribution in [3.63, 3.8) is 0 Å². The first-order valence-electron chi connectivity index (χ1n) is 4.31. The van der Waals surface area contributed by atoms with Crippen molar-refractivity contribution in [1.29, 1.82) is 0 Å². The van der Waals surface area contributed by atoms with E-state index in [1.54, 1.807) is 12.1 Å². The predicted octanol–water partition coefficient (Wildman–Crippen LogP) is 1.85. The summed E-state index contributed by atoms with van der Waals surface area (Å²) in [4.78, 5) is 12.6. The number of nitrogens with zero attached hydrogens (tertiary/aromatic N) is 1. The van der Waals surface area contributed by atoms with Crippen LogP contribution in [0.1, 0.15) is 16.8 Å². The summed E-state index contributed by atoms with van der Waals surface area (Å²) in [5.41, 5.74) is 1.08. The van der Waals surface area contributed by atoms with Gasteiger partial charge in [-0.25, -0.2) is 4.39 Å². The molecular weight excluding hydrogens is 169 g/mol. The van der Waals surface area contributed by atoms with Crippen LogP contribution in [-0.4, -0.2) is 19.4 Å². The molecule has 68 valence electrons. The first kappa shape index (κ1) is 8.23. The lowest BCUT2D eigenvalue weighted by atomic mass is 10.1. The Labute approximate surface area is 76.0 Å². The Morgan fingerprint density at radius 2 is 2.15 bits per heavy atom. The summed E-state index contributed by atoms with van der Waals surface area (Å²) in [6.45, 7) is 2.01. The van der Waals surface area contributed by atoms with Crippen LogP contribution < -0.4 is 4.90 Å². The molecule has 0 saturated carbocycles. The number of hydrogen-bond donors (Lipinski definition) is 0. The smallest absolute Gasteiger partial charge is 0.153 e. The van der Waals surface area contributed by atoms with E-state index in [-0.39, 0.29) is 5.56 Å². The summed E-state index contributed by atoms with van der Waals surface area (Å²) in [6, 6.07) is 4.65. The summed E-state index contributed by atoms with van der Waals surface area (Å²) in [5, 5.41) is 0. The van der Waals surface area contributed by atoms with Gasteiger partial charge < -0.3 is 4.90 Å². The van der Waals surface area contributed by atoms with Crippen LogP contribution in [0.3, 0.4) is 0 Å². The summed E-state index contributed by atoms with van der Waals surface area (Å²) in [7, 11) is 0. The number of anilines is 1. The fourth-order valence-corrected chi connectivity index (χ4v) is 1.39. The normalized spacial score (nSPS) is 15.3. The standard InChI is InChI=1S/C10H10FNO/c11-10-3-2-9(6-8(10)7-13)12-4-1-5-12/h2-3,6-7H,1,4-5H2. The highest BCUT2D eigenvalue weighted by Crippen LogP contribution is 2.22. The van der Waals surface area contributed by atoms with E-state index in [0.29, 0.717) is 6.29 Å². The fourth-order valence-electron chi connectivity index (χ4n) is 1.39. The molecule has 1 aromatic carbocycles. The van der Waals surface area contributed by atoms with E-state index in [2.05, 4.69) is 4.90 Å². The summed E-state index contributed by atoms with van der Waals surface area (Å²) in [6.07, 6.45) is 1.73. The molecule has 1 saturated heterocycles. The molecule has 0 bridgehead atoms. The number of hydrogen-bond acceptors (Lipinski definition) is 2. The van der Waals surface area contributed by atoms with Gasteiger partial charge in [-0.2, -0.15) is 0 Å². The number of aldehydes is 1. The maximum atomic E-state index is 12.9. The second kappa shape index (κ2) is 3.17. The second-order valence-corrected chi connectivity index (χ2v) is 3.16. The zero-order valence-electron chi connectivity index (χ0n) is 7.16. The van der Waals surface area contributed by atoms with Crippen LogP contribution in [-0.2, 0) is 0 Å². The SMILES string of the molecule is O=Cc1cc(N2CCC2)ccc1F. The van der Waals surface area contributed by atoms with Gasteiger partial charge in [0.25, 0.3) is 0 Å². The van der Waals surface area contributed by atoms with E-state index in [0.717, 1.165) is 18.8 Å². The van der Waals surface area contributed by atoms with Crippen molar-refractivity contribution in [3.8, 4) is 0 Å². The van der Waals surface area contributed by atoms with Gasteiger partial charge in [0.2, 0.25) is 0 Å². The predicted molar refractivity (Wildman–Crippen MR) is 48.6 cm³/mol. The Bertz CT molecular complexity index is 334. The maximum absolute atomic E-state index is 12.9. The minimum atomic E-state index is -0.445. The highest BCUT2D eigenvalue weighted by Gasteiger charge is 2.15. The zero-order valence-corrected chi connectivity index (χ0v) is 7.16. The van der Waals surface area contributed by atoms with Crippen LogP contribution in [0.15, 0.2) is 18.2 Å². The van der Waals surface area contributed by atoms with Crippen molar-refractivity contribution in [3.05, 3.63) is 29.6 Å². The molecule has 0 aromatic heterocycles. The van der Waals surface area contributed by atoms with Gasteiger partial charge in [-0.3, -0.25) is 4.79 Å². The molecule has 1 heterocycles. The topological polar surface area (TPSA) is 20.3 Å². The first-order chi connectivity index (χ1) is 6.31. The largest absolute Gasteiger partial charge is 0.371 e. The lowest BCUT2D eigenvalue weighted by Crippen LogP contribution is -2.37. The number of carbonyl (C=O) groups is 1. The molecular formula is C10H10FNO. The molecule has 0 unspecified atom stereocenters. The monoisotopic (exact) mass is 179 g/mol. The Kier molecular flexibility index (Phi) is 2.00. The van der Waals surface area contributed by atoms with E-state index < -0.39 is 5.82 Å². The van der Waals surface area contributed by atoms with Gasteiger partial charge in [-0.15, -0.1) is 0 Å². The van der Waals surface area contributed by atoms with Gasteiger partial charge in [0.1, 0.15) is 5.82 Å². The van der Waals surface area contributed by atoms with Gasteiger partial charge in [0, 0.05) is 18.8 Å². The van der Waals surface area contributed by atoms with Gasteiger partial charge in [0.15, 0.2) is 6.29 Å². The van der Waals surface area contributed by atoms with Crippen LogP contribution in [0.5, 0.6) is 0 Å². The fraction of sp³-hybridized carbons (Fsp3) is 0.300. The molecule has 0 atom stereocenters. The molecule has 1 aromatic rings. The molecule has 1 aliphatic rings. The summed E-state index contributed by atoms with van der Waals surface area (Å²) in [5.74, 6) is -0.445. The van der Waals surface area contributed by atoms with Crippen LogP contribution in [0, 0.1) is 5.82 Å². The third-order valence-corrected chi connectivity index (χ3v) is 2.33. The van der Waals surface area contributed by atoms with E-state index in [9.17, 15) is 9.18 Å². The molecule has 1 fully saturated rings. The third-order valence-electron chi connectivity index (χ3n) is 2.33. The van der Waals surface area contributed by atoms with Gasteiger partial charge in [-0.05, 0) is 24.6 Å². The molecule has 0 N–H and O–H groups in total. The molecule has 0 radical (unpaired) electrons. The molecule has 2 rings (SSSR count). The third kappa shape index (κ3) is 1.41. The van der Waals surface area contributed by atoms with Crippen LogP contribution in [0.2, 0.25) is 0 Å². The molecule has 0 aliphatic carbocycles. The Hall–Kier alpha value is -1.38. The van der Waals surface area contributed by atoms with Crippen molar-refractivity contribution in [1.82, 2.24) is 0 Å². The van der Waals surface area contributed by atoms with Gasteiger partial charge in [-0.1, -0.05) is 0 Å². The number of carbonyl (C=O) groups excluding carboxylic acids is 1. The van der Waals surface area contributed by atoms with Crippen LogP contribution >= 0.6 is 0 Å². The van der Waals surface area contributed by atoms with Crippen LogP contribution in [0.4, 0.5) is 10.1 Å². The van der Waals surface area contributed by atoms with E-state index in [1.165, 1.54) is 12.5 Å². The first-order valence-corrected chi connectivity index (χ1v) is 4.31. The highest BCUT2D eigenvalue weighted by molar-refractivity contribution is 5.77. The number of rotatable bonds is 2. The summed E-state index contributed by atoms with van der Waals surface area (Å²) >= 11 is 0. The second-order valence-electron chi connectivity index (χ2n) is 3.16. The lowest BCUT2D eigenvalue weighted by molar-refractivity contribution is 0.112.